The van der Waals surface area contributed by atoms with E-state index < -0.39 is 11.4 Å². The number of hydrogen-bond acceptors (Lipinski definition) is 3. The van der Waals surface area contributed by atoms with E-state index in [2.05, 4.69) is 6.07 Å². The lowest BCUT2D eigenvalue weighted by Gasteiger charge is -2.24. The van der Waals surface area contributed by atoms with E-state index in [0.717, 1.165) is 24.9 Å². The maximum atomic E-state index is 11.7. The molecule has 0 spiro atoms. The molecule has 1 heterocycles. The Morgan fingerprint density at radius 2 is 2.35 bits per heavy atom. The Labute approximate surface area is 122 Å². The molecular formula is C15H15ClN2O2. The minimum atomic E-state index is -0.706. The van der Waals surface area contributed by atoms with Gasteiger partial charge in [-0.25, -0.2) is 0 Å². The van der Waals surface area contributed by atoms with E-state index in [4.69, 9.17) is 11.6 Å². The molecule has 1 aromatic rings. The van der Waals surface area contributed by atoms with Crippen LogP contribution in [0.4, 0.5) is 5.69 Å². The maximum Gasteiger partial charge on any atom is 0.311 e. The van der Waals surface area contributed by atoms with Crippen LogP contribution in [-0.2, 0) is 4.79 Å². The molecule has 0 bridgehead atoms. The number of aliphatic carboxylic acids is 1. The van der Waals surface area contributed by atoms with Crippen LogP contribution in [-0.4, -0.2) is 24.2 Å². The van der Waals surface area contributed by atoms with Crippen molar-refractivity contribution in [2.45, 2.75) is 19.3 Å². The third-order valence-corrected chi connectivity index (χ3v) is 4.95. The van der Waals surface area contributed by atoms with Crippen LogP contribution in [0.5, 0.6) is 0 Å². The van der Waals surface area contributed by atoms with Gasteiger partial charge in [0.05, 0.1) is 16.7 Å². The van der Waals surface area contributed by atoms with Crippen molar-refractivity contribution in [3.8, 4) is 6.07 Å². The molecule has 1 saturated carbocycles. The second kappa shape index (κ2) is 4.68. The summed E-state index contributed by atoms with van der Waals surface area (Å²) < 4.78 is 0. The molecule has 104 valence electrons. The lowest BCUT2D eigenvalue weighted by Crippen LogP contribution is -2.35. The largest absolute Gasteiger partial charge is 0.481 e. The van der Waals surface area contributed by atoms with Gasteiger partial charge in [-0.3, -0.25) is 4.79 Å². The molecule has 0 amide bonds. The SMILES string of the molecule is N#Cc1ccc(Cl)cc1N1C[C@@H]2CCC[C@@]2(C(=O)O)C1. The Bertz CT molecular complexity index is 610. The highest BCUT2D eigenvalue weighted by Crippen LogP contribution is 2.50. The van der Waals surface area contributed by atoms with Crippen LogP contribution in [0.1, 0.15) is 24.8 Å². The number of nitriles is 1. The zero-order chi connectivity index (χ0) is 14.3. The Morgan fingerprint density at radius 3 is 3.00 bits per heavy atom. The van der Waals surface area contributed by atoms with Gasteiger partial charge in [0.15, 0.2) is 0 Å². The summed E-state index contributed by atoms with van der Waals surface area (Å²) in [5.74, 6) is -0.534. The Morgan fingerprint density at radius 1 is 1.55 bits per heavy atom. The molecule has 0 radical (unpaired) electrons. The number of rotatable bonds is 2. The average Bonchev–Trinajstić information content (AvgIpc) is 2.96. The average molecular weight is 291 g/mol. The fourth-order valence-corrected chi connectivity index (χ4v) is 3.85. The number of carbonyl (C=O) groups is 1. The number of fused-ring (bicyclic) bond motifs is 1. The lowest BCUT2D eigenvalue weighted by molar-refractivity contribution is -0.149. The van der Waals surface area contributed by atoms with Crippen molar-refractivity contribution in [3.63, 3.8) is 0 Å². The van der Waals surface area contributed by atoms with Crippen LogP contribution in [0.15, 0.2) is 18.2 Å². The summed E-state index contributed by atoms with van der Waals surface area (Å²) in [4.78, 5) is 13.7. The van der Waals surface area contributed by atoms with Crippen LogP contribution < -0.4 is 4.90 Å². The van der Waals surface area contributed by atoms with E-state index in [1.54, 1.807) is 18.2 Å². The van der Waals surface area contributed by atoms with Crippen LogP contribution in [0.25, 0.3) is 0 Å². The van der Waals surface area contributed by atoms with Crippen molar-refractivity contribution in [2.75, 3.05) is 18.0 Å². The quantitative estimate of drug-likeness (QED) is 0.909. The Balaban J connectivity index is 1.97. The topological polar surface area (TPSA) is 64.3 Å². The van der Waals surface area contributed by atoms with Crippen molar-refractivity contribution in [1.29, 1.82) is 5.26 Å². The van der Waals surface area contributed by atoms with Crippen LogP contribution in [0.3, 0.4) is 0 Å². The molecule has 0 unspecified atom stereocenters. The molecule has 1 N–H and O–H groups in total. The van der Waals surface area contributed by atoms with E-state index in [-0.39, 0.29) is 5.92 Å². The molecule has 0 aromatic heterocycles. The van der Waals surface area contributed by atoms with E-state index in [1.807, 2.05) is 4.90 Å². The molecular weight excluding hydrogens is 276 g/mol. The summed E-state index contributed by atoms with van der Waals surface area (Å²) in [6, 6.07) is 7.30. The second-order valence-electron chi connectivity index (χ2n) is 5.70. The normalized spacial score (nSPS) is 28.2. The van der Waals surface area contributed by atoms with Crippen molar-refractivity contribution in [3.05, 3.63) is 28.8 Å². The summed E-state index contributed by atoms with van der Waals surface area (Å²) in [5.41, 5.74) is 0.666. The summed E-state index contributed by atoms with van der Waals surface area (Å²) >= 11 is 6.02. The van der Waals surface area contributed by atoms with E-state index in [1.165, 1.54) is 0 Å². The van der Waals surface area contributed by atoms with Gasteiger partial charge in [0.2, 0.25) is 0 Å². The number of benzene rings is 1. The summed E-state index contributed by atoms with van der Waals surface area (Å²) in [5, 5.41) is 19.4. The number of halogens is 1. The third-order valence-electron chi connectivity index (χ3n) is 4.72. The van der Waals surface area contributed by atoms with Crippen LogP contribution >= 0.6 is 11.6 Å². The molecule has 1 aliphatic heterocycles. The fraction of sp³-hybridized carbons (Fsp3) is 0.467. The Hall–Kier alpha value is -1.73. The van der Waals surface area contributed by atoms with E-state index in [0.29, 0.717) is 23.7 Å². The fourth-order valence-electron chi connectivity index (χ4n) is 3.68. The first-order valence-corrected chi connectivity index (χ1v) is 7.12. The minimum Gasteiger partial charge on any atom is -0.481 e. The molecule has 4 nitrogen and oxygen atoms in total. The van der Waals surface area contributed by atoms with Gasteiger partial charge in [-0.15, -0.1) is 0 Å². The zero-order valence-corrected chi connectivity index (χ0v) is 11.7. The zero-order valence-electron chi connectivity index (χ0n) is 11.0. The highest BCUT2D eigenvalue weighted by atomic mass is 35.5. The number of nitrogens with zero attached hydrogens (tertiary/aromatic N) is 2. The lowest BCUT2D eigenvalue weighted by atomic mass is 9.81. The summed E-state index contributed by atoms with van der Waals surface area (Å²) in [6.45, 7) is 1.17. The predicted octanol–water partition coefficient (Wildman–Crippen LogP) is 2.90. The molecule has 2 aliphatic rings. The molecule has 20 heavy (non-hydrogen) atoms. The molecule has 2 fully saturated rings. The van der Waals surface area contributed by atoms with Gasteiger partial charge in [-0.05, 0) is 37.0 Å². The molecule has 1 aromatic carbocycles. The molecule has 1 saturated heterocycles. The first-order chi connectivity index (χ1) is 9.56. The smallest absolute Gasteiger partial charge is 0.311 e. The van der Waals surface area contributed by atoms with Crippen molar-refractivity contribution in [2.24, 2.45) is 11.3 Å². The molecule has 3 rings (SSSR count). The van der Waals surface area contributed by atoms with Gasteiger partial charge in [0, 0.05) is 18.1 Å². The van der Waals surface area contributed by atoms with Gasteiger partial charge >= 0.3 is 5.97 Å². The second-order valence-corrected chi connectivity index (χ2v) is 6.14. The number of hydrogen-bond donors (Lipinski definition) is 1. The molecule has 5 heteroatoms. The maximum absolute atomic E-state index is 11.7. The molecule has 2 atom stereocenters. The van der Waals surface area contributed by atoms with Crippen molar-refractivity contribution in [1.82, 2.24) is 0 Å². The highest BCUT2D eigenvalue weighted by Gasteiger charge is 2.55. The minimum absolute atomic E-state index is 0.172. The highest BCUT2D eigenvalue weighted by molar-refractivity contribution is 6.30. The third kappa shape index (κ3) is 1.85. The first-order valence-electron chi connectivity index (χ1n) is 6.75. The standard InChI is InChI=1S/C15H15ClN2O2/c16-12-4-3-10(7-17)13(6-12)18-8-11-2-1-5-15(11,9-18)14(19)20/h3-4,6,11H,1-2,5,8-9H2,(H,19,20)/t11-,15+/m0/s1. The number of anilines is 1. The van der Waals surface area contributed by atoms with E-state index >= 15 is 0 Å². The number of carboxylic acid groups (broad SMARTS) is 1. The van der Waals surface area contributed by atoms with Crippen LogP contribution in [0, 0.1) is 22.7 Å². The van der Waals surface area contributed by atoms with E-state index in [9.17, 15) is 15.2 Å². The van der Waals surface area contributed by atoms with Gasteiger partial charge < -0.3 is 10.0 Å². The van der Waals surface area contributed by atoms with Gasteiger partial charge in [0.1, 0.15) is 6.07 Å². The predicted molar refractivity (Wildman–Crippen MR) is 75.8 cm³/mol. The first kappa shape index (κ1) is 13.3. The summed E-state index contributed by atoms with van der Waals surface area (Å²) in [6.07, 6.45) is 2.66. The van der Waals surface area contributed by atoms with Crippen molar-refractivity contribution >= 4 is 23.3 Å². The molecule has 1 aliphatic carbocycles. The van der Waals surface area contributed by atoms with Gasteiger partial charge in [-0.1, -0.05) is 18.0 Å². The number of carboxylic acids is 1. The van der Waals surface area contributed by atoms with Crippen LogP contribution in [0.2, 0.25) is 5.02 Å². The monoisotopic (exact) mass is 290 g/mol. The summed E-state index contributed by atoms with van der Waals surface area (Å²) in [7, 11) is 0. The van der Waals surface area contributed by atoms with Gasteiger partial charge in [-0.2, -0.15) is 5.26 Å². The Kier molecular flexibility index (Phi) is 3.10. The van der Waals surface area contributed by atoms with Crippen molar-refractivity contribution < 1.29 is 9.90 Å². The van der Waals surface area contributed by atoms with Gasteiger partial charge in [0.25, 0.3) is 0 Å².